The second-order valence-electron chi connectivity index (χ2n) is 5.48. The highest BCUT2D eigenvalue weighted by Gasteiger charge is 2.15. The monoisotopic (exact) mass is 366 g/mol. The molecule has 3 nitrogen and oxygen atoms in total. The average Bonchev–Trinajstić information content (AvgIpc) is 2.56. The van der Waals surface area contributed by atoms with Crippen LogP contribution < -0.4 is 4.74 Å². The van der Waals surface area contributed by atoms with E-state index < -0.39 is 6.10 Å². The molecule has 0 unspecified atom stereocenters. The van der Waals surface area contributed by atoms with Gasteiger partial charge < -0.3 is 9.47 Å². The summed E-state index contributed by atoms with van der Waals surface area (Å²) in [5.74, 6) is 0.274. The van der Waals surface area contributed by atoms with Crippen molar-refractivity contribution in [3.8, 4) is 5.75 Å². The highest BCUT2D eigenvalue weighted by atomic mass is 35.5. The van der Waals surface area contributed by atoms with E-state index in [-0.39, 0.29) is 5.97 Å². The molecule has 128 valence electrons. The van der Waals surface area contributed by atoms with E-state index in [1.807, 2.05) is 43.3 Å². The van der Waals surface area contributed by atoms with Crippen LogP contribution in [0.4, 0.5) is 0 Å². The molecule has 24 heavy (non-hydrogen) atoms. The van der Waals surface area contributed by atoms with Crippen molar-refractivity contribution in [1.82, 2.24) is 0 Å². The molecule has 0 spiro atoms. The number of halogens is 2. The summed E-state index contributed by atoms with van der Waals surface area (Å²) in [6.45, 7) is 4.04. The van der Waals surface area contributed by atoms with Crippen LogP contribution in [0, 0.1) is 0 Å². The van der Waals surface area contributed by atoms with E-state index in [0.29, 0.717) is 28.8 Å². The molecule has 0 N–H and O–H groups in total. The molecular formula is C19H20Cl2O3. The number of carbonyl (C=O) groups excluding carboxylic acids is 1. The van der Waals surface area contributed by atoms with E-state index in [1.54, 1.807) is 13.0 Å². The van der Waals surface area contributed by atoms with Gasteiger partial charge in [-0.2, -0.15) is 0 Å². The van der Waals surface area contributed by atoms with Crippen molar-refractivity contribution >= 4 is 29.2 Å². The maximum absolute atomic E-state index is 11.7. The van der Waals surface area contributed by atoms with Gasteiger partial charge in [-0.3, -0.25) is 0 Å². The first-order chi connectivity index (χ1) is 11.5. The van der Waals surface area contributed by atoms with E-state index in [2.05, 4.69) is 0 Å². The summed E-state index contributed by atoms with van der Waals surface area (Å²) in [5.41, 5.74) is 2.10. The number of hydrogen-bond acceptors (Lipinski definition) is 3. The Hall–Kier alpha value is -1.71. The summed E-state index contributed by atoms with van der Waals surface area (Å²) in [7, 11) is 0. The van der Waals surface area contributed by atoms with E-state index in [1.165, 1.54) is 0 Å². The molecule has 5 heteroatoms. The fourth-order valence-corrected chi connectivity index (χ4v) is 2.62. The second kappa shape index (κ2) is 8.95. The molecule has 0 fully saturated rings. The van der Waals surface area contributed by atoms with Crippen molar-refractivity contribution < 1.29 is 14.3 Å². The van der Waals surface area contributed by atoms with Crippen molar-refractivity contribution in [1.29, 1.82) is 0 Å². The van der Waals surface area contributed by atoms with Gasteiger partial charge in [0, 0.05) is 10.0 Å². The molecule has 2 aromatic carbocycles. The van der Waals surface area contributed by atoms with Gasteiger partial charge >= 0.3 is 5.97 Å². The normalized spacial score (nSPS) is 11.8. The van der Waals surface area contributed by atoms with E-state index in [9.17, 15) is 4.79 Å². The molecule has 0 saturated carbocycles. The largest absolute Gasteiger partial charge is 0.479 e. The van der Waals surface area contributed by atoms with Gasteiger partial charge in [0.25, 0.3) is 0 Å². The quantitative estimate of drug-likeness (QED) is 0.623. The molecule has 2 aromatic rings. The Morgan fingerprint density at radius 2 is 1.83 bits per heavy atom. The highest BCUT2D eigenvalue weighted by Crippen LogP contribution is 2.24. The molecule has 0 amide bonds. The van der Waals surface area contributed by atoms with Crippen molar-refractivity contribution in [2.24, 2.45) is 0 Å². The number of hydrogen-bond donors (Lipinski definition) is 0. The molecular weight excluding hydrogens is 347 g/mol. The maximum atomic E-state index is 11.7. The van der Waals surface area contributed by atoms with Crippen LogP contribution in [0.3, 0.4) is 0 Å². The third-order valence-electron chi connectivity index (χ3n) is 3.43. The fraction of sp³-hybridized carbons (Fsp3) is 0.316. The minimum absolute atomic E-state index is 0.353. The van der Waals surface area contributed by atoms with Gasteiger partial charge in [-0.15, -0.1) is 0 Å². The summed E-state index contributed by atoms with van der Waals surface area (Å²) in [6.07, 6.45) is 0.859. The van der Waals surface area contributed by atoms with Crippen molar-refractivity contribution in [2.75, 3.05) is 6.61 Å². The van der Waals surface area contributed by atoms with Crippen LogP contribution in [0.15, 0.2) is 42.5 Å². The zero-order valence-electron chi connectivity index (χ0n) is 13.7. The molecule has 0 aromatic heterocycles. The Bertz CT molecular complexity index is 684. The molecule has 2 rings (SSSR count). The fourth-order valence-electron chi connectivity index (χ4n) is 2.14. The lowest BCUT2D eigenvalue weighted by molar-refractivity contribution is -0.151. The third-order valence-corrected chi connectivity index (χ3v) is 4.01. The number of rotatable bonds is 7. The van der Waals surface area contributed by atoms with E-state index in [4.69, 9.17) is 32.7 Å². The Morgan fingerprint density at radius 3 is 2.46 bits per heavy atom. The minimum atomic E-state index is -0.631. The SMILES string of the molecule is CCCOC(=O)[C@@H](C)Oc1ccc(Cc2ccc(Cl)cc2Cl)cc1. The van der Waals surface area contributed by atoms with Crippen molar-refractivity contribution in [2.45, 2.75) is 32.8 Å². The molecule has 0 aliphatic carbocycles. The van der Waals surface area contributed by atoms with Crippen LogP contribution in [-0.2, 0) is 16.0 Å². The molecule has 0 saturated heterocycles. The third kappa shape index (κ3) is 5.43. The predicted octanol–water partition coefficient (Wildman–Crippen LogP) is 5.30. The Labute approximate surface area is 152 Å². The van der Waals surface area contributed by atoms with Gasteiger partial charge in [-0.05, 0) is 55.2 Å². The van der Waals surface area contributed by atoms with Gasteiger partial charge in [-0.25, -0.2) is 4.79 Å². The van der Waals surface area contributed by atoms with Gasteiger partial charge in [0.1, 0.15) is 5.75 Å². The first-order valence-electron chi connectivity index (χ1n) is 7.85. The molecule has 0 aliphatic rings. The Morgan fingerprint density at radius 1 is 1.12 bits per heavy atom. The van der Waals surface area contributed by atoms with Crippen LogP contribution in [-0.4, -0.2) is 18.7 Å². The second-order valence-corrected chi connectivity index (χ2v) is 6.33. The summed E-state index contributed by atoms with van der Waals surface area (Å²) in [5, 5.41) is 1.27. The number of carbonyl (C=O) groups is 1. The van der Waals surface area contributed by atoms with Crippen LogP contribution in [0.5, 0.6) is 5.75 Å². The topological polar surface area (TPSA) is 35.5 Å². The predicted molar refractivity (Wildman–Crippen MR) is 97.1 cm³/mol. The minimum Gasteiger partial charge on any atom is -0.479 e. The zero-order valence-corrected chi connectivity index (χ0v) is 15.2. The van der Waals surface area contributed by atoms with E-state index >= 15 is 0 Å². The molecule has 0 aliphatic heterocycles. The van der Waals surface area contributed by atoms with Gasteiger partial charge in [0.15, 0.2) is 6.10 Å². The zero-order chi connectivity index (χ0) is 17.5. The summed E-state index contributed by atoms with van der Waals surface area (Å²) in [6, 6.07) is 13.0. The lowest BCUT2D eigenvalue weighted by atomic mass is 10.0. The first kappa shape index (κ1) is 18.6. The Balaban J connectivity index is 1.96. The van der Waals surface area contributed by atoms with Crippen LogP contribution >= 0.6 is 23.2 Å². The first-order valence-corrected chi connectivity index (χ1v) is 8.61. The highest BCUT2D eigenvalue weighted by molar-refractivity contribution is 6.35. The number of ether oxygens (including phenoxy) is 2. The Kier molecular flexibility index (Phi) is 6.95. The van der Waals surface area contributed by atoms with Crippen LogP contribution in [0.2, 0.25) is 10.0 Å². The smallest absolute Gasteiger partial charge is 0.347 e. The molecule has 0 heterocycles. The standard InChI is InChI=1S/C19H20Cl2O3/c1-3-10-23-19(22)13(2)24-17-8-4-14(5-9-17)11-15-6-7-16(20)12-18(15)21/h4-9,12-13H,3,10-11H2,1-2H3/t13-/m1/s1. The number of esters is 1. The van der Waals surface area contributed by atoms with Crippen LogP contribution in [0.25, 0.3) is 0 Å². The summed E-state index contributed by atoms with van der Waals surface area (Å²) in [4.78, 5) is 11.7. The van der Waals surface area contributed by atoms with Crippen molar-refractivity contribution in [3.05, 3.63) is 63.6 Å². The summed E-state index contributed by atoms with van der Waals surface area (Å²) >= 11 is 12.1. The maximum Gasteiger partial charge on any atom is 0.347 e. The van der Waals surface area contributed by atoms with Crippen LogP contribution in [0.1, 0.15) is 31.4 Å². The van der Waals surface area contributed by atoms with Crippen molar-refractivity contribution in [3.63, 3.8) is 0 Å². The molecule has 0 radical (unpaired) electrons. The molecule has 0 bridgehead atoms. The lowest BCUT2D eigenvalue weighted by Crippen LogP contribution is -2.26. The van der Waals surface area contributed by atoms with Gasteiger partial charge in [0.05, 0.1) is 6.61 Å². The lowest BCUT2D eigenvalue weighted by Gasteiger charge is -2.14. The molecule has 1 atom stereocenters. The van der Waals surface area contributed by atoms with Gasteiger partial charge in [0.2, 0.25) is 0 Å². The van der Waals surface area contributed by atoms with E-state index in [0.717, 1.165) is 17.5 Å². The summed E-state index contributed by atoms with van der Waals surface area (Å²) < 4.78 is 10.7. The van der Waals surface area contributed by atoms with Gasteiger partial charge in [-0.1, -0.05) is 48.3 Å². The number of benzene rings is 2. The average molecular weight is 367 g/mol.